The summed E-state index contributed by atoms with van der Waals surface area (Å²) in [7, 11) is 1.31. The van der Waals surface area contributed by atoms with Gasteiger partial charge in [-0.2, -0.15) is 0 Å². The van der Waals surface area contributed by atoms with Gasteiger partial charge in [0.05, 0.1) is 32.4 Å². The Labute approximate surface area is 368 Å². The highest BCUT2D eigenvalue weighted by Gasteiger charge is 2.54. The molecule has 28 heteroatoms. The van der Waals surface area contributed by atoms with Gasteiger partial charge in [0.2, 0.25) is 19.4 Å². The van der Waals surface area contributed by atoms with Gasteiger partial charge in [-0.15, -0.1) is 0 Å². The molecule has 0 spiro atoms. The zero-order valence-electron chi connectivity index (χ0n) is 34.1. The summed E-state index contributed by atoms with van der Waals surface area (Å²) < 4.78 is 99.6. The second kappa shape index (κ2) is 19.4. The number of halogens is 2. The first-order valence-corrected chi connectivity index (χ1v) is 24.9. The molecule has 7 heterocycles. The van der Waals surface area contributed by atoms with E-state index in [0.717, 1.165) is 38.3 Å². The van der Waals surface area contributed by atoms with Crippen LogP contribution in [0.1, 0.15) is 57.0 Å². The fourth-order valence-electron chi connectivity index (χ4n) is 7.28. The van der Waals surface area contributed by atoms with Crippen molar-refractivity contribution in [2.75, 3.05) is 36.5 Å². The third-order valence-corrected chi connectivity index (χ3v) is 15.2. The number of amides is 2. The van der Waals surface area contributed by atoms with Crippen LogP contribution in [0, 0.1) is 0 Å². The number of carbonyl (C=O) groups is 2. The standard InChI is InChI=1S/C36H43BF2N12O10P2S/c1-2-3-4-5-6-23(52)42-11-24(53)49-20-9-7-19(8-10-20)14-64-63(55)57-13-22-29(25(38)35(59-22)50-17-47-27-31(40)43-15-45-33(27)50)60-62(37,54)56-12-21-30(61-63)26(39)36(58-21)51-18-48-28-32(41)44-16-46-34(28)51/h7-10,15-18,21-22,25-26,29-30,35-36H,2-6,11-14H2,1H3,(H,42,52)(H,49,53)(H2,40,43,45)(H2,41,44,46)/t21-,22-,25-,26-,29-,30-,35-,36-,62+,63-/m1/s1. The average Bonchev–Trinajstić information content (AvgIpc) is 4.04. The van der Waals surface area contributed by atoms with E-state index in [0.29, 0.717) is 29.1 Å². The number of nitrogen functional groups attached to an aromatic ring is 2. The van der Waals surface area contributed by atoms with E-state index in [-0.39, 0.29) is 52.2 Å². The molecule has 4 aromatic heterocycles. The van der Waals surface area contributed by atoms with E-state index >= 15 is 8.78 Å². The molecule has 3 aliphatic rings. The molecule has 3 fully saturated rings. The lowest BCUT2D eigenvalue weighted by Crippen LogP contribution is -2.37. The van der Waals surface area contributed by atoms with Crippen LogP contribution in [0.5, 0.6) is 0 Å². The van der Waals surface area contributed by atoms with E-state index in [4.69, 9.17) is 46.6 Å². The van der Waals surface area contributed by atoms with E-state index in [1.807, 2.05) is 0 Å². The number of nitrogens with zero attached hydrogens (tertiary/aromatic N) is 8. The smallest absolute Gasteiger partial charge is 0.382 e. The predicted octanol–water partition coefficient (Wildman–Crippen LogP) is 4.46. The molecule has 8 rings (SSSR count). The fraction of sp³-hybridized carbons (Fsp3) is 0.500. The van der Waals surface area contributed by atoms with E-state index < -0.39 is 82.6 Å². The summed E-state index contributed by atoms with van der Waals surface area (Å²) in [6, 6.07) is 6.49. The molecule has 3 saturated heterocycles. The molecule has 0 bridgehead atoms. The molecule has 22 nitrogen and oxygen atoms in total. The molecule has 2 amide bonds. The molecule has 1 aromatic carbocycles. The third-order valence-electron chi connectivity index (χ3n) is 10.5. The Bertz CT molecular complexity index is 2590. The van der Waals surface area contributed by atoms with Crippen molar-refractivity contribution in [2.24, 2.45) is 0 Å². The van der Waals surface area contributed by atoms with Gasteiger partial charge in [0.15, 0.2) is 47.7 Å². The Morgan fingerprint density at radius 1 is 0.812 bits per heavy atom. The summed E-state index contributed by atoms with van der Waals surface area (Å²) in [5, 5.41) is 5.32. The first-order valence-electron chi connectivity index (χ1n) is 20.1. The Hall–Kier alpha value is -4.65. The maximum absolute atomic E-state index is 16.8. The lowest BCUT2D eigenvalue weighted by molar-refractivity contribution is -0.124. The zero-order valence-corrected chi connectivity index (χ0v) is 36.7. The number of anilines is 3. The van der Waals surface area contributed by atoms with Crippen LogP contribution in [0.15, 0.2) is 49.6 Å². The highest BCUT2D eigenvalue weighted by Crippen LogP contribution is 2.65. The number of imidazole rings is 2. The van der Waals surface area contributed by atoms with Crippen LogP contribution in [-0.4, -0.2) is 115 Å². The van der Waals surface area contributed by atoms with Crippen LogP contribution < -0.4 is 22.1 Å². The van der Waals surface area contributed by atoms with Crippen LogP contribution in [0.2, 0.25) is 0 Å². The van der Waals surface area contributed by atoms with E-state index in [2.05, 4.69) is 47.5 Å². The van der Waals surface area contributed by atoms with E-state index in [1.165, 1.54) is 21.8 Å². The molecule has 2 radical (unpaired) electrons. The largest absolute Gasteiger partial charge is 0.389 e. The van der Waals surface area contributed by atoms with Gasteiger partial charge in [0, 0.05) is 17.9 Å². The number of unbranched alkanes of at least 4 members (excludes halogenated alkanes) is 3. The maximum atomic E-state index is 16.8. The quantitative estimate of drug-likeness (QED) is 0.0720. The van der Waals surface area contributed by atoms with Gasteiger partial charge < -0.3 is 40.6 Å². The van der Waals surface area contributed by atoms with Crippen molar-refractivity contribution in [1.82, 2.24) is 44.4 Å². The second-order valence-corrected chi connectivity index (χ2v) is 20.6. The maximum Gasteiger partial charge on any atom is 0.389 e. The van der Waals surface area contributed by atoms with Crippen molar-refractivity contribution in [2.45, 2.75) is 94.0 Å². The molecular weight excluding hydrogens is 903 g/mol. The normalized spacial score (nSPS) is 29.7. The minimum atomic E-state index is -4.69. The Kier molecular flexibility index (Phi) is 13.9. The molecule has 3 aliphatic heterocycles. The number of aromatic nitrogens is 8. The SMILES string of the molecule is [B][P@]1(=O)OC[C@H]2O[C@@H](n3cnc4c(N)ncnc43)[C@H](F)[C@@H]2O[P@](=O)(SCc2ccc(NC(=O)CNC(=O)CCCCCC)cc2)OC[C@H]2O[C@@H](n3cnc4c(N)ncnc43)[C@H](F)[C@@H]2O1. The molecule has 0 unspecified atom stereocenters. The van der Waals surface area contributed by atoms with Crippen LogP contribution in [0.3, 0.4) is 0 Å². The van der Waals surface area contributed by atoms with E-state index in [9.17, 15) is 18.7 Å². The van der Waals surface area contributed by atoms with Crippen molar-refractivity contribution in [3.63, 3.8) is 0 Å². The summed E-state index contributed by atoms with van der Waals surface area (Å²) in [6.07, 6.45) is -4.85. The van der Waals surface area contributed by atoms with Crippen molar-refractivity contribution < 1.29 is 55.1 Å². The number of nitrogens with one attached hydrogen (secondary N) is 2. The fourth-order valence-corrected chi connectivity index (χ4v) is 11.7. The number of benzene rings is 1. The highest BCUT2D eigenvalue weighted by molar-refractivity contribution is 8.54. The molecule has 10 atom stereocenters. The van der Waals surface area contributed by atoms with Crippen molar-refractivity contribution >= 4 is 84.7 Å². The van der Waals surface area contributed by atoms with Crippen LogP contribution >= 0.6 is 25.7 Å². The summed E-state index contributed by atoms with van der Waals surface area (Å²) in [5.41, 5.74) is 13.4. The van der Waals surface area contributed by atoms with Gasteiger partial charge in [-0.3, -0.25) is 32.3 Å². The first kappa shape index (κ1) is 45.9. The molecule has 0 aliphatic carbocycles. The second-order valence-electron chi connectivity index (χ2n) is 15.0. The van der Waals surface area contributed by atoms with E-state index in [1.54, 1.807) is 24.3 Å². The number of fused-ring (bicyclic) bond motifs is 4. The highest BCUT2D eigenvalue weighted by atomic mass is 32.7. The van der Waals surface area contributed by atoms with Crippen molar-refractivity contribution in [3.05, 3.63) is 55.1 Å². The summed E-state index contributed by atoms with van der Waals surface area (Å²) in [6.45, 7) is -4.14. The monoisotopic (exact) mass is 946 g/mol. The Morgan fingerprint density at radius 3 is 1.98 bits per heavy atom. The molecular formula is C36H43BF2N12O10P2S. The van der Waals surface area contributed by atoms with Gasteiger partial charge in [-0.05, 0) is 35.5 Å². The lowest BCUT2D eigenvalue weighted by atomic mass is 10.1. The number of rotatable bonds is 13. The Morgan fingerprint density at radius 2 is 1.39 bits per heavy atom. The lowest BCUT2D eigenvalue weighted by Gasteiger charge is -2.30. The number of nitrogens with two attached hydrogens (primary N) is 2. The number of carbonyl (C=O) groups excluding carboxylic acids is 2. The predicted molar refractivity (Wildman–Crippen MR) is 228 cm³/mol. The van der Waals surface area contributed by atoms with Crippen molar-refractivity contribution in [1.29, 1.82) is 0 Å². The third kappa shape index (κ3) is 10.1. The van der Waals surface area contributed by atoms with Gasteiger partial charge in [-0.1, -0.05) is 38.3 Å². The number of hydrogen-bond donors (Lipinski definition) is 4. The first-order chi connectivity index (χ1) is 30.7. The van der Waals surface area contributed by atoms with Crippen LogP contribution in [0.25, 0.3) is 22.3 Å². The topological polar surface area (TPSA) is 287 Å². The molecule has 0 saturated carbocycles. The molecule has 6 N–H and O–H groups in total. The number of ether oxygens (including phenoxy) is 2. The van der Waals surface area contributed by atoms with Gasteiger partial charge >= 0.3 is 6.80 Å². The molecule has 340 valence electrons. The Balaban J connectivity index is 1.02. The van der Waals surface area contributed by atoms with Gasteiger partial charge in [0.25, 0.3) is 7.47 Å². The van der Waals surface area contributed by atoms with Crippen molar-refractivity contribution in [3.8, 4) is 0 Å². The number of hydrogen-bond acceptors (Lipinski definition) is 19. The van der Waals surface area contributed by atoms with Gasteiger partial charge in [-0.25, -0.2) is 43.2 Å². The summed E-state index contributed by atoms with van der Waals surface area (Å²) in [5.74, 6) is -0.650. The summed E-state index contributed by atoms with van der Waals surface area (Å²) >= 11 is 0.676. The average molecular weight is 947 g/mol. The minimum absolute atomic E-state index is 0.0194. The molecule has 5 aromatic rings. The minimum Gasteiger partial charge on any atom is -0.382 e. The van der Waals surface area contributed by atoms with Gasteiger partial charge in [0.1, 0.15) is 48.1 Å². The van der Waals surface area contributed by atoms with Crippen LogP contribution in [0.4, 0.5) is 26.1 Å². The molecule has 64 heavy (non-hydrogen) atoms. The summed E-state index contributed by atoms with van der Waals surface area (Å²) in [4.78, 5) is 49.1. The zero-order chi connectivity index (χ0) is 45.2. The number of alkyl halides is 2. The van der Waals surface area contributed by atoms with Crippen LogP contribution in [-0.2, 0) is 52.0 Å².